The highest BCUT2D eigenvalue weighted by molar-refractivity contribution is 5.61. The van der Waals surface area contributed by atoms with Crippen molar-refractivity contribution in [1.29, 1.82) is 0 Å². The number of alkyl halides is 2. The Morgan fingerprint density at radius 3 is 2.48 bits per heavy atom. The Morgan fingerprint density at radius 2 is 1.83 bits per heavy atom. The molecule has 1 aromatic heterocycles. The normalized spacial score (nSPS) is 17.7. The molecule has 244 valence electrons. The van der Waals surface area contributed by atoms with Crippen molar-refractivity contribution < 1.29 is 18.3 Å². The topological polar surface area (TPSA) is 62.3 Å². The highest BCUT2D eigenvalue weighted by Crippen LogP contribution is 2.35. The van der Waals surface area contributed by atoms with E-state index in [4.69, 9.17) is 20.2 Å². The number of benzene rings is 2. The second-order valence-electron chi connectivity index (χ2n) is 12.1. The van der Waals surface area contributed by atoms with Crippen LogP contribution in [0.2, 0.25) is 0 Å². The van der Waals surface area contributed by atoms with Crippen LogP contribution in [-0.4, -0.2) is 16.7 Å². The molecule has 2 N–H and O–H groups in total. The molecule has 46 heavy (non-hydrogen) atoms. The number of ether oxygens (including phenoxy) is 2. The molecule has 0 fully saturated rings. The van der Waals surface area contributed by atoms with Crippen LogP contribution in [0.4, 0.5) is 14.7 Å². The van der Waals surface area contributed by atoms with Crippen LogP contribution < -0.4 is 25.9 Å². The van der Waals surface area contributed by atoms with E-state index in [0.717, 1.165) is 65.1 Å². The zero-order chi connectivity index (χ0) is 33.4. The molecule has 1 aliphatic carbocycles. The van der Waals surface area contributed by atoms with Gasteiger partial charge in [0.25, 0.3) is 5.92 Å². The van der Waals surface area contributed by atoms with Crippen LogP contribution in [0.3, 0.4) is 0 Å². The number of hydrogen-bond donors (Lipinski definition) is 1. The van der Waals surface area contributed by atoms with Gasteiger partial charge in [-0.2, -0.15) is 8.78 Å². The number of methoxy groups -OCH3 is 1. The third-order valence-corrected chi connectivity index (χ3v) is 8.47. The Bertz CT molecular complexity index is 1730. The van der Waals surface area contributed by atoms with Gasteiger partial charge in [-0.15, -0.1) is 0 Å². The van der Waals surface area contributed by atoms with Crippen molar-refractivity contribution in [2.45, 2.75) is 78.4 Å². The summed E-state index contributed by atoms with van der Waals surface area (Å²) >= 11 is 0. The molecule has 1 heterocycles. The number of allylic oxidation sites excluding steroid dienone is 6. The number of fused-ring (bicyclic) bond motifs is 1. The Kier molecular flexibility index (Phi) is 11.4. The lowest BCUT2D eigenvalue weighted by atomic mass is 9.96. The van der Waals surface area contributed by atoms with Gasteiger partial charge in [0.05, 0.1) is 23.8 Å². The van der Waals surface area contributed by atoms with Gasteiger partial charge in [0, 0.05) is 5.56 Å². The third-order valence-electron chi connectivity index (χ3n) is 8.47. The molecule has 3 aromatic rings. The SMILES string of the molecule is C=CC(=C\C(C)CCC)/C1=C/CCC/C=c2/c(nc(N)n2[C@H](C)c2ccc(OCc3ccc(C(F)(F)C(=C)C)cc3)c(OC)c2)=C\1. The summed E-state index contributed by atoms with van der Waals surface area (Å²) in [5.74, 6) is -1.06. The average Bonchev–Trinajstić information content (AvgIpc) is 3.39. The largest absolute Gasteiger partial charge is 0.493 e. The number of nitrogens with two attached hydrogens (primary N) is 1. The zero-order valence-corrected chi connectivity index (χ0v) is 27.8. The number of hydrogen-bond acceptors (Lipinski definition) is 4. The molecule has 4 rings (SSSR count). The Balaban J connectivity index is 1.62. The lowest BCUT2D eigenvalue weighted by molar-refractivity contribution is 0.0385. The van der Waals surface area contributed by atoms with Crippen LogP contribution in [0.15, 0.2) is 90.6 Å². The van der Waals surface area contributed by atoms with E-state index in [0.29, 0.717) is 23.4 Å². The quantitative estimate of drug-likeness (QED) is 0.152. The van der Waals surface area contributed by atoms with Crippen LogP contribution in [0.1, 0.15) is 82.5 Å². The van der Waals surface area contributed by atoms with Crippen LogP contribution in [0.25, 0.3) is 12.2 Å². The molecule has 5 nitrogen and oxygen atoms in total. The summed E-state index contributed by atoms with van der Waals surface area (Å²) in [7, 11) is 1.60. The van der Waals surface area contributed by atoms with E-state index in [1.165, 1.54) is 19.1 Å². The summed E-state index contributed by atoms with van der Waals surface area (Å²) in [6.45, 7) is 15.6. The van der Waals surface area contributed by atoms with E-state index in [1.807, 2.05) is 24.3 Å². The number of halogens is 2. The summed E-state index contributed by atoms with van der Waals surface area (Å²) in [6, 6.07) is 11.8. The van der Waals surface area contributed by atoms with Crippen LogP contribution in [0.5, 0.6) is 11.5 Å². The molecule has 1 unspecified atom stereocenters. The van der Waals surface area contributed by atoms with Crippen LogP contribution in [-0.2, 0) is 12.5 Å². The minimum Gasteiger partial charge on any atom is -0.493 e. The first-order chi connectivity index (χ1) is 22.0. The molecule has 0 amide bonds. The maximum atomic E-state index is 14.3. The van der Waals surface area contributed by atoms with E-state index in [2.05, 4.69) is 62.8 Å². The van der Waals surface area contributed by atoms with Crippen molar-refractivity contribution in [3.8, 4) is 11.5 Å². The number of aromatic nitrogens is 2. The van der Waals surface area contributed by atoms with E-state index >= 15 is 0 Å². The predicted molar refractivity (Wildman–Crippen MR) is 185 cm³/mol. The van der Waals surface area contributed by atoms with E-state index in [-0.39, 0.29) is 23.8 Å². The predicted octanol–water partition coefficient (Wildman–Crippen LogP) is 8.55. The minimum atomic E-state index is -3.07. The molecule has 0 aliphatic heterocycles. The molecule has 0 spiro atoms. The second kappa shape index (κ2) is 15.3. The van der Waals surface area contributed by atoms with E-state index < -0.39 is 5.92 Å². The molecular weight excluding hydrogens is 580 g/mol. The van der Waals surface area contributed by atoms with Gasteiger partial charge in [0.1, 0.15) is 6.61 Å². The fraction of sp³-hybridized carbons (Fsp3) is 0.359. The smallest absolute Gasteiger partial charge is 0.294 e. The van der Waals surface area contributed by atoms with Gasteiger partial charge in [-0.1, -0.05) is 88.1 Å². The third kappa shape index (κ3) is 7.87. The number of rotatable bonds is 13. The monoisotopic (exact) mass is 627 g/mol. The molecule has 0 bridgehead atoms. The van der Waals surface area contributed by atoms with Gasteiger partial charge in [-0.3, -0.25) is 0 Å². The number of nitrogen functional groups attached to an aromatic ring is 1. The van der Waals surface area contributed by atoms with Crippen LogP contribution in [0, 0.1) is 5.92 Å². The van der Waals surface area contributed by atoms with Gasteiger partial charge in [-0.25, -0.2) is 4.98 Å². The molecule has 0 saturated carbocycles. The Morgan fingerprint density at radius 1 is 1.11 bits per heavy atom. The van der Waals surface area contributed by atoms with Crippen LogP contribution >= 0.6 is 0 Å². The van der Waals surface area contributed by atoms with E-state index in [1.54, 1.807) is 19.2 Å². The maximum absolute atomic E-state index is 14.3. The fourth-order valence-electron chi connectivity index (χ4n) is 5.78. The summed E-state index contributed by atoms with van der Waals surface area (Å²) in [5.41, 5.74) is 10.3. The molecule has 0 saturated heterocycles. The van der Waals surface area contributed by atoms with Gasteiger partial charge in [-0.05, 0) is 91.5 Å². The first-order valence-corrected chi connectivity index (χ1v) is 16.0. The lowest BCUT2D eigenvalue weighted by Gasteiger charge is -2.19. The average molecular weight is 628 g/mol. The van der Waals surface area contributed by atoms with Crippen molar-refractivity contribution in [3.05, 3.63) is 118 Å². The van der Waals surface area contributed by atoms with Gasteiger partial charge < -0.3 is 19.8 Å². The molecule has 1 aliphatic rings. The van der Waals surface area contributed by atoms with Crippen molar-refractivity contribution in [1.82, 2.24) is 9.55 Å². The van der Waals surface area contributed by atoms with Crippen molar-refractivity contribution in [3.63, 3.8) is 0 Å². The first kappa shape index (κ1) is 34.5. The summed E-state index contributed by atoms with van der Waals surface area (Å²) in [5, 5.41) is 1.83. The van der Waals surface area contributed by atoms with Gasteiger partial charge in [0.2, 0.25) is 5.95 Å². The summed E-state index contributed by atoms with van der Waals surface area (Å²) < 4.78 is 42.4. The number of anilines is 1. The number of imidazole rings is 1. The van der Waals surface area contributed by atoms with Crippen molar-refractivity contribution in [2.24, 2.45) is 5.92 Å². The summed E-state index contributed by atoms with van der Waals surface area (Å²) in [6.07, 6.45) is 16.0. The lowest BCUT2D eigenvalue weighted by Crippen LogP contribution is -2.32. The molecule has 0 radical (unpaired) electrons. The Hall–Kier alpha value is -4.39. The minimum absolute atomic E-state index is 0.0937. The standard InChI is InChI=1S/C39H47F2N3O2/c1-8-13-27(5)22-30(9-2)32-14-11-10-12-15-35-34(23-32)43-38(42)44(35)28(6)31-18-21-36(37(24-31)45-7)46-25-29-16-19-33(20-17-29)39(40,41)26(3)4/h9,14-24,27-28H,2-3,8,10-13,25H2,1,4-7H3,(H2,42,43)/b30-22+,32-14+,34-23+,35-15-/t27?,28-/m1/s1. The summed E-state index contributed by atoms with van der Waals surface area (Å²) in [4.78, 5) is 4.82. The Labute approximate surface area is 272 Å². The maximum Gasteiger partial charge on any atom is 0.294 e. The molecule has 2 aromatic carbocycles. The molecular formula is C39H47F2N3O2. The zero-order valence-electron chi connectivity index (χ0n) is 27.8. The van der Waals surface area contributed by atoms with E-state index in [9.17, 15) is 8.78 Å². The van der Waals surface area contributed by atoms with Gasteiger partial charge in [0.15, 0.2) is 11.5 Å². The fourth-order valence-corrected chi connectivity index (χ4v) is 5.78. The van der Waals surface area contributed by atoms with Gasteiger partial charge >= 0.3 is 0 Å². The molecule has 7 heteroatoms. The van der Waals surface area contributed by atoms with Crippen molar-refractivity contribution in [2.75, 3.05) is 12.8 Å². The highest BCUT2D eigenvalue weighted by atomic mass is 19.3. The first-order valence-electron chi connectivity index (χ1n) is 16.0. The number of nitrogens with zero attached hydrogens (tertiary/aromatic N) is 2. The second-order valence-corrected chi connectivity index (χ2v) is 12.1. The highest BCUT2D eigenvalue weighted by Gasteiger charge is 2.32. The van der Waals surface area contributed by atoms with Crippen molar-refractivity contribution >= 4 is 18.1 Å². The molecule has 2 atom stereocenters.